The van der Waals surface area contributed by atoms with E-state index in [0.29, 0.717) is 16.4 Å². The first-order valence-electron chi connectivity index (χ1n) is 8.89. The molecule has 0 aliphatic rings. The zero-order chi connectivity index (χ0) is 18.5. The molecule has 136 valence electrons. The van der Waals surface area contributed by atoms with Gasteiger partial charge < -0.3 is 5.32 Å². The van der Waals surface area contributed by atoms with Crippen molar-refractivity contribution >= 4 is 38.9 Å². The van der Waals surface area contributed by atoms with Gasteiger partial charge in [-0.2, -0.15) is 0 Å². The Kier molecular flexibility index (Phi) is 6.30. The minimum atomic E-state index is -0.107. The zero-order valence-corrected chi connectivity index (χ0v) is 16.6. The maximum Gasteiger partial charge on any atom is 0.262 e. The lowest BCUT2D eigenvalue weighted by molar-refractivity contribution is 0.0939. The molecule has 1 amide bonds. The number of carbonyl (C=O) groups is 1. The number of fused-ring (bicyclic) bond motifs is 1. The smallest absolute Gasteiger partial charge is 0.262 e. The van der Waals surface area contributed by atoms with Gasteiger partial charge in [0.1, 0.15) is 4.88 Å². The van der Waals surface area contributed by atoms with Gasteiger partial charge in [-0.3, -0.25) is 9.69 Å². The van der Waals surface area contributed by atoms with Gasteiger partial charge in [0.15, 0.2) is 0 Å². The molecule has 0 aliphatic carbocycles. The molecule has 0 unspecified atom stereocenters. The minimum absolute atomic E-state index is 0.107. The first kappa shape index (κ1) is 18.9. The minimum Gasteiger partial charge on any atom is -0.349 e. The molecule has 0 saturated heterocycles. The molecule has 2 aromatic carbocycles. The molecule has 26 heavy (non-hydrogen) atoms. The summed E-state index contributed by atoms with van der Waals surface area (Å²) < 4.78 is 1.03. The number of rotatable bonds is 7. The van der Waals surface area contributed by atoms with Crippen molar-refractivity contribution in [2.45, 2.75) is 19.9 Å². The van der Waals surface area contributed by atoms with Crippen LogP contribution in [0.2, 0.25) is 5.02 Å². The van der Waals surface area contributed by atoms with Gasteiger partial charge in [-0.15, -0.1) is 11.3 Å². The standard InChI is InChI=1S/C21H23ClN2OS/c1-3-24(4-2)17(15-10-6-5-7-11-15)14-23-21(25)20-19(22)16-12-8-9-13-18(16)26-20/h5-13,17H,3-4,14H2,1-2H3,(H,23,25)/t17-/m0/s1. The number of amides is 1. The van der Waals surface area contributed by atoms with E-state index in [0.717, 1.165) is 23.2 Å². The van der Waals surface area contributed by atoms with Gasteiger partial charge >= 0.3 is 0 Å². The molecule has 5 heteroatoms. The highest BCUT2D eigenvalue weighted by Gasteiger charge is 2.21. The van der Waals surface area contributed by atoms with Crippen molar-refractivity contribution in [1.82, 2.24) is 10.2 Å². The average Bonchev–Trinajstić information content (AvgIpc) is 3.02. The monoisotopic (exact) mass is 386 g/mol. The molecule has 1 aromatic heterocycles. The fourth-order valence-electron chi connectivity index (χ4n) is 3.23. The molecule has 0 aliphatic heterocycles. The van der Waals surface area contributed by atoms with E-state index in [-0.39, 0.29) is 11.9 Å². The molecule has 1 heterocycles. The quantitative estimate of drug-likeness (QED) is 0.592. The van der Waals surface area contributed by atoms with Crippen molar-refractivity contribution in [2.75, 3.05) is 19.6 Å². The molecule has 0 saturated carbocycles. The average molecular weight is 387 g/mol. The summed E-state index contributed by atoms with van der Waals surface area (Å²) in [7, 11) is 0. The summed E-state index contributed by atoms with van der Waals surface area (Å²) >= 11 is 7.88. The van der Waals surface area contributed by atoms with Crippen LogP contribution < -0.4 is 5.32 Å². The van der Waals surface area contributed by atoms with Gasteiger partial charge in [-0.05, 0) is 24.7 Å². The molecule has 0 spiro atoms. The lowest BCUT2D eigenvalue weighted by atomic mass is 10.1. The number of carbonyl (C=O) groups excluding carboxylic acids is 1. The summed E-state index contributed by atoms with van der Waals surface area (Å²) in [6.07, 6.45) is 0. The van der Waals surface area contributed by atoms with Gasteiger partial charge in [0.05, 0.1) is 11.1 Å². The van der Waals surface area contributed by atoms with Crippen molar-refractivity contribution in [3.63, 3.8) is 0 Å². The molecule has 0 fully saturated rings. The molecule has 1 atom stereocenters. The summed E-state index contributed by atoms with van der Waals surface area (Å²) in [6, 6.07) is 18.3. The van der Waals surface area contributed by atoms with Crippen molar-refractivity contribution in [1.29, 1.82) is 0 Å². The van der Waals surface area contributed by atoms with Crippen LogP contribution >= 0.6 is 22.9 Å². The largest absolute Gasteiger partial charge is 0.349 e. The molecule has 0 bridgehead atoms. The summed E-state index contributed by atoms with van der Waals surface area (Å²) in [5.41, 5.74) is 1.21. The van der Waals surface area contributed by atoms with Crippen LogP contribution in [0.3, 0.4) is 0 Å². The first-order valence-corrected chi connectivity index (χ1v) is 10.1. The predicted molar refractivity (Wildman–Crippen MR) is 111 cm³/mol. The van der Waals surface area contributed by atoms with Crippen LogP contribution in [0.4, 0.5) is 0 Å². The van der Waals surface area contributed by atoms with Crippen LogP contribution in [-0.2, 0) is 0 Å². The number of halogens is 1. The Bertz CT molecular complexity index is 874. The van der Waals surface area contributed by atoms with Crippen LogP contribution in [-0.4, -0.2) is 30.4 Å². The molecule has 3 nitrogen and oxygen atoms in total. The fourth-order valence-corrected chi connectivity index (χ4v) is 4.66. The van der Waals surface area contributed by atoms with Crippen LogP contribution in [0, 0.1) is 0 Å². The first-order chi connectivity index (χ1) is 12.7. The lowest BCUT2D eigenvalue weighted by Crippen LogP contribution is -2.38. The van der Waals surface area contributed by atoms with E-state index in [1.165, 1.54) is 16.9 Å². The van der Waals surface area contributed by atoms with E-state index >= 15 is 0 Å². The molecule has 3 rings (SSSR count). The topological polar surface area (TPSA) is 32.3 Å². The zero-order valence-electron chi connectivity index (χ0n) is 15.0. The van der Waals surface area contributed by atoms with Crippen molar-refractivity contribution in [3.8, 4) is 0 Å². The maximum atomic E-state index is 12.8. The Balaban J connectivity index is 1.79. The fraction of sp³-hybridized carbons (Fsp3) is 0.286. The molecular formula is C21H23ClN2OS. The number of hydrogen-bond acceptors (Lipinski definition) is 3. The van der Waals surface area contributed by atoms with E-state index in [4.69, 9.17) is 11.6 Å². The van der Waals surface area contributed by atoms with E-state index in [1.54, 1.807) is 0 Å². The number of hydrogen-bond donors (Lipinski definition) is 1. The summed E-state index contributed by atoms with van der Waals surface area (Å²) in [5.74, 6) is -0.107. The predicted octanol–water partition coefficient (Wildman–Crippen LogP) is 5.37. The van der Waals surface area contributed by atoms with Gasteiger partial charge in [-0.25, -0.2) is 0 Å². The highest BCUT2D eigenvalue weighted by Crippen LogP contribution is 2.35. The second kappa shape index (κ2) is 8.67. The Morgan fingerprint density at radius 1 is 1.08 bits per heavy atom. The van der Waals surface area contributed by atoms with Crippen LogP contribution in [0.5, 0.6) is 0 Å². The van der Waals surface area contributed by atoms with E-state index in [2.05, 4.69) is 36.2 Å². The third-order valence-electron chi connectivity index (χ3n) is 4.63. The second-order valence-corrected chi connectivity index (χ2v) is 7.53. The van der Waals surface area contributed by atoms with E-state index in [9.17, 15) is 4.79 Å². The maximum absolute atomic E-state index is 12.8. The van der Waals surface area contributed by atoms with Crippen molar-refractivity contribution < 1.29 is 4.79 Å². The Morgan fingerprint density at radius 2 is 1.73 bits per heavy atom. The Morgan fingerprint density at radius 3 is 2.38 bits per heavy atom. The number of likely N-dealkylation sites (N-methyl/N-ethyl adjacent to an activating group) is 1. The van der Waals surface area contributed by atoms with E-state index in [1.807, 2.05) is 42.5 Å². The number of benzene rings is 2. The molecular weight excluding hydrogens is 364 g/mol. The highest BCUT2D eigenvalue weighted by atomic mass is 35.5. The normalized spacial score (nSPS) is 12.5. The Labute approximate surface area is 163 Å². The van der Waals surface area contributed by atoms with Crippen molar-refractivity contribution in [2.24, 2.45) is 0 Å². The van der Waals surface area contributed by atoms with Gasteiger partial charge in [0.25, 0.3) is 5.91 Å². The number of nitrogens with one attached hydrogen (secondary N) is 1. The highest BCUT2D eigenvalue weighted by molar-refractivity contribution is 7.21. The van der Waals surface area contributed by atoms with Crippen LogP contribution in [0.15, 0.2) is 54.6 Å². The number of thiophene rings is 1. The molecule has 3 aromatic rings. The van der Waals surface area contributed by atoms with Crippen molar-refractivity contribution in [3.05, 3.63) is 70.1 Å². The number of nitrogens with zero attached hydrogens (tertiary/aromatic N) is 1. The summed E-state index contributed by atoms with van der Waals surface area (Å²) in [6.45, 7) is 6.69. The third-order valence-corrected chi connectivity index (χ3v) is 6.31. The van der Waals surface area contributed by atoms with Gasteiger partial charge in [0, 0.05) is 16.6 Å². The summed E-state index contributed by atoms with van der Waals surface area (Å²) in [4.78, 5) is 15.7. The second-order valence-electron chi connectivity index (χ2n) is 6.10. The van der Waals surface area contributed by atoms with E-state index < -0.39 is 0 Å². The Hall–Kier alpha value is -1.88. The van der Waals surface area contributed by atoms with Crippen LogP contribution in [0.1, 0.15) is 35.1 Å². The SMILES string of the molecule is CCN(CC)[C@@H](CNC(=O)c1sc2ccccc2c1Cl)c1ccccc1. The van der Waals surface area contributed by atoms with Gasteiger partial charge in [0.2, 0.25) is 0 Å². The van der Waals surface area contributed by atoms with Gasteiger partial charge in [-0.1, -0.05) is 74.0 Å². The van der Waals surface area contributed by atoms with Crippen LogP contribution in [0.25, 0.3) is 10.1 Å². The molecule has 0 radical (unpaired) electrons. The molecule has 1 N–H and O–H groups in total. The third kappa shape index (κ3) is 3.93. The lowest BCUT2D eigenvalue weighted by Gasteiger charge is -2.30. The summed E-state index contributed by atoms with van der Waals surface area (Å²) in [5, 5.41) is 4.58.